The molecule has 0 amide bonds. The van der Waals surface area contributed by atoms with Gasteiger partial charge >= 0.3 is 5.97 Å². The maximum absolute atomic E-state index is 12.5. The highest BCUT2D eigenvalue weighted by Gasteiger charge is 2.38. The average molecular weight is 323 g/mol. The third kappa shape index (κ3) is 3.85. The van der Waals surface area contributed by atoms with Crippen molar-refractivity contribution in [2.45, 2.75) is 50.8 Å². The maximum atomic E-state index is 12.5. The number of unbranched alkanes of at least 4 members (excludes halogenated alkanes) is 2. The first-order valence-electron chi connectivity index (χ1n) is 8.86. The number of cyclic esters (lactones) is 1. The molecule has 3 atom stereocenters. The molecule has 1 aliphatic rings. The van der Waals surface area contributed by atoms with E-state index >= 15 is 0 Å². The van der Waals surface area contributed by atoms with Crippen LogP contribution in [0, 0.1) is 0 Å². The van der Waals surface area contributed by atoms with Gasteiger partial charge in [0.25, 0.3) is 0 Å². The van der Waals surface area contributed by atoms with Gasteiger partial charge in [0.2, 0.25) is 0 Å². The molecule has 3 heteroatoms. The minimum Gasteiger partial charge on any atom is -0.454 e. The summed E-state index contributed by atoms with van der Waals surface area (Å²) in [5.41, 5.74) is 2.18. The number of benzene rings is 2. The lowest BCUT2D eigenvalue weighted by atomic mass is 9.92. The standard InChI is InChI=1S/C21H25NO2/c1-2-3-6-15-18-21(23)24-20(17-13-9-5-10-14-17)19(22-18)16-11-7-4-8-12-16/h4-5,7-14,18-20,22H,2-3,6,15H2,1H3/t18-,19-,20+/m1/s1. The Kier molecular flexibility index (Phi) is 5.65. The molecule has 1 N–H and O–H groups in total. The summed E-state index contributed by atoms with van der Waals surface area (Å²) >= 11 is 0. The molecule has 0 aliphatic carbocycles. The fourth-order valence-electron chi connectivity index (χ4n) is 3.28. The van der Waals surface area contributed by atoms with Crippen LogP contribution in [-0.4, -0.2) is 12.0 Å². The van der Waals surface area contributed by atoms with E-state index in [2.05, 4.69) is 24.4 Å². The van der Waals surface area contributed by atoms with E-state index in [1.165, 1.54) is 0 Å². The lowest BCUT2D eigenvalue weighted by molar-refractivity contribution is -0.161. The van der Waals surface area contributed by atoms with Crippen molar-refractivity contribution in [2.75, 3.05) is 0 Å². The normalized spacial score (nSPS) is 23.7. The molecule has 126 valence electrons. The smallest absolute Gasteiger partial charge is 0.323 e. The van der Waals surface area contributed by atoms with Crippen LogP contribution < -0.4 is 5.32 Å². The topological polar surface area (TPSA) is 38.3 Å². The summed E-state index contributed by atoms with van der Waals surface area (Å²) in [6.07, 6.45) is 3.88. The van der Waals surface area contributed by atoms with E-state index in [1.807, 2.05) is 48.5 Å². The van der Waals surface area contributed by atoms with Crippen molar-refractivity contribution in [3.05, 3.63) is 71.8 Å². The van der Waals surface area contributed by atoms with E-state index in [1.54, 1.807) is 0 Å². The molecule has 0 radical (unpaired) electrons. The van der Waals surface area contributed by atoms with Gasteiger partial charge in [-0.15, -0.1) is 0 Å². The van der Waals surface area contributed by atoms with Crippen molar-refractivity contribution in [3.63, 3.8) is 0 Å². The average Bonchev–Trinajstić information content (AvgIpc) is 2.64. The van der Waals surface area contributed by atoms with Crippen molar-refractivity contribution < 1.29 is 9.53 Å². The van der Waals surface area contributed by atoms with Gasteiger partial charge in [0, 0.05) is 0 Å². The molecule has 0 aromatic heterocycles. The van der Waals surface area contributed by atoms with Crippen LogP contribution in [-0.2, 0) is 9.53 Å². The molecule has 2 aromatic carbocycles. The van der Waals surface area contributed by atoms with E-state index in [9.17, 15) is 4.79 Å². The summed E-state index contributed by atoms with van der Waals surface area (Å²) in [5, 5.41) is 3.55. The first-order chi connectivity index (χ1) is 11.8. The summed E-state index contributed by atoms with van der Waals surface area (Å²) in [5.74, 6) is -0.132. The van der Waals surface area contributed by atoms with Gasteiger partial charge in [-0.05, 0) is 17.5 Å². The van der Waals surface area contributed by atoms with Gasteiger partial charge in [-0.1, -0.05) is 86.8 Å². The second-order valence-corrected chi connectivity index (χ2v) is 6.37. The Morgan fingerprint density at radius 3 is 2.17 bits per heavy atom. The summed E-state index contributed by atoms with van der Waals surface area (Å²) in [6, 6.07) is 20.0. The van der Waals surface area contributed by atoms with Crippen LogP contribution in [0.25, 0.3) is 0 Å². The molecule has 3 rings (SSSR count). The van der Waals surface area contributed by atoms with Crippen LogP contribution in [0.15, 0.2) is 60.7 Å². The molecule has 0 bridgehead atoms. The number of carbonyl (C=O) groups is 1. The van der Waals surface area contributed by atoms with Gasteiger partial charge < -0.3 is 4.74 Å². The lowest BCUT2D eigenvalue weighted by Gasteiger charge is -2.37. The van der Waals surface area contributed by atoms with Crippen molar-refractivity contribution in [1.82, 2.24) is 5.32 Å². The van der Waals surface area contributed by atoms with Gasteiger partial charge in [-0.2, -0.15) is 0 Å². The second-order valence-electron chi connectivity index (χ2n) is 6.37. The number of ether oxygens (including phenoxy) is 1. The maximum Gasteiger partial charge on any atom is 0.323 e. The Morgan fingerprint density at radius 1 is 0.917 bits per heavy atom. The third-order valence-electron chi connectivity index (χ3n) is 4.59. The summed E-state index contributed by atoms with van der Waals surface area (Å²) in [4.78, 5) is 12.5. The Bertz CT molecular complexity index is 641. The monoisotopic (exact) mass is 323 g/mol. The van der Waals surface area contributed by atoms with Crippen LogP contribution in [0.3, 0.4) is 0 Å². The molecule has 1 fully saturated rings. The van der Waals surface area contributed by atoms with Gasteiger partial charge in [-0.25, -0.2) is 0 Å². The zero-order valence-corrected chi connectivity index (χ0v) is 14.2. The van der Waals surface area contributed by atoms with Crippen LogP contribution in [0.4, 0.5) is 0 Å². The minimum absolute atomic E-state index is 0.0158. The number of rotatable bonds is 6. The van der Waals surface area contributed by atoms with E-state index in [0.717, 1.165) is 36.8 Å². The van der Waals surface area contributed by atoms with Crippen molar-refractivity contribution in [3.8, 4) is 0 Å². The van der Waals surface area contributed by atoms with Gasteiger partial charge in [0.15, 0.2) is 0 Å². The number of esters is 1. The first-order valence-corrected chi connectivity index (χ1v) is 8.86. The molecule has 3 nitrogen and oxygen atoms in total. The van der Waals surface area contributed by atoms with E-state index < -0.39 is 0 Å². The SMILES string of the molecule is CCCCC[C@H]1N[C@H](c2ccccc2)[C@H](c2ccccc2)OC1=O. The highest BCUT2D eigenvalue weighted by molar-refractivity contribution is 5.77. The molecule has 0 spiro atoms. The molecule has 24 heavy (non-hydrogen) atoms. The second kappa shape index (κ2) is 8.11. The zero-order chi connectivity index (χ0) is 16.8. The van der Waals surface area contributed by atoms with E-state index in [0.29, 0.717) is 0 Å². The summed E-state index contributed by atoms with van der Waals surface area (Å²) in [7, 11) is 0. The quantitative estimate of drug-likeness (QED) is 0.625. The Balaban J connectivity index is 1.84. The Labute approximate surface area is 144 Å². The number of morpholine rings is 1. The van der Waals surface area contributed by atoms with E-state index in [-0.39, 0.29) is 24.2 Å². The molecule has 0 saturated carbocycles. The molecule has 1 saturated heterocycles. The number of hydrogen-bond donors (Lipinski definition) is 1. The molecular weight excluding hydrogens is 298 g/mol. The van der Waals surface area contributed by atoms with E-state index in [4.69, 9.17) is 4.74 Å². The Morgan fingerprint density at radius 2 is 1.54 bits per heavy atom. The molecule has 2 aromatic rings. The van der Waals surface area contributed by atoms with Crippen molar-refractivity contribution in [1.29, 1.82) is 0 Å². The summed E-state index contributed by atoms with van der Waals surface area (Å²) in [6.45, 7) is 2.17. The minimum atomic E-state index is -0.288. The summed E-state index contributed by atoms with van der Waals surface area (Å²) < 4.78 is 5.88. The number of nitrogens with one attached hydrogen (secondary N) is 1. The van der Waals surface area contributed by atoms with Crippen LogP contribution in [0.5, 0.6) is 0 Å². The fraction of sp³-hybridized carbons (Fsp3) is 0.381. The number of carbonyl (C=O) groups excluding carboxylic acids is 1. The van der Waals surface area contributed by atoms with Crippen molar-refractivity contribution in [2.24, 2.45) is 0 Å². The van der Waals surface area contributed by atoms with Crippen LogP contribution in [0.2, 0.25) is 0 Å². The zero-order valence-electron chi connectivity index (χ0n) is 14.2. The molecule has 1 heterocycles. The highest BCUT2D eigenvalue weighted by Crippen LogP contribution is 2.36. The lowest BCUT2D eigenvalue weighted by Crippen LogP contribution is -2.48. The molecule has 1 aliphatic heterocycles. The highest BCUT2D eigenvalue weighted by atomic mass is 16.5. The van der Waals surface area contributed by atoms with Crippen molar-refractivity contribution >= 4 is 5.97 Å². The predicted molar refractivity (Wildman–Crippen MR) is 95.5 cm³/mol. The fourth-order valence-corrected chi connectivity index (χ4v) is 3.28. The Hall–Kier alpha value is -2.13. The number of hydrogen-bond acceptors (Lipinski definition) is 3. The third-order valence-corrected chi connectivity index (χ3v) is 4.59. The predicted octanol–water partition coefficient (Wildman–Crippen LogP) is 4.56. The van der Waals surface area contributed by atoms with Crippen LogP contribution >= 0.6 is 0 Å². The van der Waals surface area contributed by atoms with Gasteiger partial charge in [0.05, 0.1) is 6.04 Å². The largest absolute Gasteiger partial charge is 0.454 e. The molecular formula is C21H25NO2. The van der Waals surface area contributed by atoms with Gasteiger partial charge in [0.1, 0.15) is 12.1 Å². The van der Waals surface area contributed by atoms with Gasteiger partial charge in [-0.3, -0.25) is 10.1 Å². The first kappa shape index (κ1) is 16.7. The van der Waals surface area contributed by atoms with Crippen LogP contribution in [0.1, 0.15) is 55.9 Å². The molecule has 0 unspecified atom stereocenters.